The van der Waals surface area contributed by atoms with E-state index in [0.29, 0.717) is 6.04 Å². The first-order valence-electron chi connectivity index (χ1n) is 6.60. The Labute approximate surface area is 110 Å². The SMILES string of the molecule is CCN(Cc1cccs1)C(C)CNCC(C)C. The van der Waals surface area contributed by atoms with E-state index in [1.807, 2.05) is 11.3 Å². The molecule has 17 heavy (non-hydrogen) atoms. The van der Waals surface area contributed by atoms with Gasteiger partial charge < -0.3 is 5.32 Å². The first-order chi connectivity index (χ1) is 8.13. The van der Waals surface area contributed by atoms with Crippen LogP contribution in [0.1, 0.15) is 32.6 Å². The molecule has 0 aliphatic rings. The van der Waals surface area contributed by atoms with Crippen LogP contribution in [0.15, 0.2) is 17.5 Å². The minimum absolute atomic E-state index is 0.598. The summed E-state index contributed by atoms with van der Waals surface area (Å²) in [6.45, 7) is 13.4. The normalized spacial score (nSPS) is 13.5. The van der Waals surface area contributed by atoms with Crippen molar-refractivity contribution in [1.29, 1.82) is 0 Å². The van der Waals surface area contributed by atoms with E-state index in [0.717, 1.165) is 32.1 Å². The second kappa shape index (κ2) is 7.85. The first-order valence-corrected chi connectivity index (χ1v) is 7.48. The van der Waals surface area contributed by atoms with Crippen LogP contribution < -0.4 is 5.32 Å². The Hall–Kier alpha value is -0.380. The fraction of sp³-hybridized carbons (Fsp3) is 0.714. The van der Waals surface area contributed by atoms with E-state index >= 15 is 0 Å². The smallest absolute Gasteiger partial charge is 0.0331 e. The summed E-state index contributed by atoms with van der Waals surface area (Å²) < 4.78 is 0. The standard InChI is InChI=1S/C14H26N2S/c1-5-16(11-14-7-6-8-17-14)13(4)10-15-9-12(2)3/h6-8,12-13,15H,5,9-11H2,1-4H3. The van der Waals surface area contributed by atoms with Gasteiger partial charge in [0.2, 0.25) is 0 Å². The molecule has 0 saturated carbocycles. The van der Waals surface area contributed by atoms with Gasteiger partial charge in [0.05, 0.1) is 0 Å². The molecule has 1 N–H and O–H groups in total. The van der Waals surface area contributed by atoms with Crippen molar-refractivity contribution in [3.63, 3.8) is 0 Å². The zero-order chi connectivity index (χ0) is 12.7. The maximum Gasteiger partial charge on any atom is 0.0331 e. The molecule has 2 nitrogen and oxygen atoms in total. The Morgan fingerprint density at radius 1 is 1.29 bits per heavy atom. The van der Waals surface area contributed by atoms with Gasteiger partial charge in [0, 0.05) is 24.0 Å². The second-order valence-corrected chi connectivity index (χ2v) is 6.08. The van der Waals surface area contributed by atoms with E-state index in [2.05, 4.69) is 55.4 Å². The average Bonchev–Trinajstić information content (AvgIpc) is 2.77. The molecule has 0 amide bonds. The number of hydrogen-bond donors (Lipinski definition) is 1. The van der Waals surface area contributed by atoms with Crippen molar-refractivity contribution in [1.82, 2.24) is 10.2 Å². The summed E-state index contributed by atoms with van der Waals surface area (Å²) in [5, 5.41) is 5.70. The molecule has 0 aliphatic carbocycles. The number of likely N-dealkylation sites (N-methyl/N-ethyl adjacent to an activating group) is 1. The lowest BCUT2D eigenvalue weighted by Crippen LogP contribution is -2.40. The van der Waals surface area contributed by atoms with Gasteiger partial charge in [-0.1, -0.05) is 26.8 Å². The highest BCUT2D eigenvalue weighted by Crippen LogP contribution is 2.13. The van der Waals surface area contributed by atoms with Crippen molar-refractivity contribution < 1.29 is 0 Å². The predicted octanol–water partition coefficient (Wildman–Crippen LogP) is 3.20. The van der Waals surface area contributed by atoms with Gasteiger partial charge in [0.25, 0.3) is 0 Å². The first kappa shape index (κ1) is 14.7. The van der Waals surface area contributed by atoms with Crippen molar-refractivity contribution in [3.05, 3.63) is 22.4 Å². The number of rotatable bonds is 8. The topological polar surface area (TPSA) is 15.3 Å². The fourth-order valence-electron chi connectivity index (χ4n) is 1.89. The lowest BCUT2D eigenvalue weighted by molar-refractivity contribution is 0.207. The summed E-state index contributed by atoms with van der Waals surface area (Å²) in [7, 11) is 0. The third kappa shape index (κ3) is 5.66. The highest BCUT2D eigenvalue weighted by molar-refractivity contribution is 7.09. The number of hydrogen-bond acceptors (Lipinski definition) is 3. The number of nitrogens with zero attached hydrogens (tertiary/aromatic N) is 1. The van der Waals surface area contributed by atoms with Crippen molar-refractivity contribution in [2.75, 3.05) is 19.6 Å². The van der Waals surface area contributed by atoms with Gasteiger partial charge in [-0.25, -0.2) is 0 Å². The largest absolute Gasteiger partial charge is 0.315 e. The zero-order valence-corrected chi connectivity index (χ0v) is 12.4. The maximum atomic E-state index is 3.54. The van der Waals surface area contributed by atoms with Crippen LogP contribution in [0.25, 0.3) is 0 Å². The Kier molecular flexibility index (Phi) is 6.78. The molecule has 0 saturated heterocycles. The molecule has 0 radical (unpaired) electrons. The van der Waals surface area contributed by atoms with Crippen LogP contribution in [0.3, 0.4) is 0 Å². The highest BCUT2D eigenvalue weighted by atomic mass is 32.1. The molecule has 1 unspecified atom stereocenters. The Morgan fingerprint density at radius 3 is 2.59 bits per heavy atom. The van der Waals surface area contributed by atoms with Crippen molar-refractivity contribution >= 4 is 11.3 Å². The third-order valence-corrected chi connectivity index (χ3v) is 3.82. The van der Waals surface area contributed by atoms with Crippen LogP contribution in [0, 0.1) is 5.92 Å². The van der Waals surface area contributed by atoms with Crippen LogP contribution >= 0.6 is 11.3 Å². The molecule has 0 fully saturated rings. The van der Waals surface area contributed by atoms with Gasteiger partial charge in [-0.3, -0.25) is 4.90 Å². The molecule has 1 aromatic rings. The molecule has 0 aliphatic heterocycles. The summed E-state index contributed by atoms with van der Waals surface area (Å²) in [5.74, 6) is 0.731. The summed E-state index contributed by atoms with van der Waals surface area (Å²) in [5.41, 5.74) is 0. The highest BCUT2D eigenvalue weighted by Gasteiger charge is 2.12. The van der Waals surface area contributed by atoms with E-state index < -0.39 is 0 Å². The maximum absolute atomic E-state index is 3.54. The van der Waals surface area contributed by atoms with Gasteiger partial charge >= 0.3 is 0 Å². The molecule has 1 rings (SSSR count). The van der Waals surface area contributed by atoms with Crippen molar-refractivity contribution in [3.8, 4) is 0 Å². The van der Waals surface area contributed by atoms with E-state index in [-0.39, 0.29) is 0 Å². The molecule has 1 atom stereocenters. The van der Waals surface area contributed by atoms with Crippen LogP contribution in [-0.4, -0.2) is 30.6 Å². The van der Waals surface area contributed by atoms with E-state index in [4.69, 9.17) is 0 Å². The summed E-state index contributed by atoms with van der Waals surface area (Å²) >= 11 is 1.85. The molecule has 1 heterocycles. The quantitative estimate of drug-likeness (QED) is 0.766. The third-order valence-electron chi connectivity index (χ3n) is 2.96. The van der Waals surface area contributed by atoms with Gasteiger partial charge in [-0.2, -0.15) is 0 Å². The second-order valence-electron chi connectivity index (χ2n) is 5.04. The number of thiophene rings is 1. The lowest BCUT2D eigenvalue weighted by Gasteiger charge is -2.27. The van der Waals surface area contributed by atoms with E-state index in [1.54, 1.807) is 0 Å². The van der Waals surface area contributed by atoms with Crippen LogP contribution in [0.2, 0.25) is 0 Å². The summed E-state index contributed by atoms with van der Waals surface area (Å²) in [4.78, 5) is 3.99. The zero-order valence-electron chi connectivity index (χ0n) is 11.6. The molecule has 98 valence electrons. The van der Waals surface area contributed by atoms with Crippen molar-refractivity contribution in [2.45, 2.75) is 40.3 Å². The molecular formula is C14H26N2S. The Morgan fingerprint density at radius 2 is 2.06 bits per heavy atom. The molecule has 3 heteroatoms. The van der Waals surface area contributed by atoms with Crippen LogP contribution in [0.5, 0.6) is 0 Å². The molecule has 1 aromatic heterocycles. The monoisotopic (exact) mass is 254 g/mol. The number of nitrogens with one attached hydrogen (secondary N) is 1. The van der Waals surface area contributed by atoms with E-state index in [9.17, 15) is 0 Å². The average molecular weight is 254 g/mol. The van der Waals surface area contributed by atoms with Crippen LogP contribution in [0.4, 0.5) is 0 Å². The molecule has 0 spiro atoms. The lowest BCUT2D eigenvalue weighted by atomic mass is 10.2. The van der Waals surface area contributed by atoms with E-state index in [1.165, 1.54) is 4.88 Å². The van der Waals surface area contributed by atoms with Crippen molar-refractivity contribution in [2.24, 2.45) is 5.92 Å². The Balaban J connectivity index is 2.33. The van der Waals surface area contributed by atoms with Gasteiger partial charge in [-0.15, -0.1) is 11.3 Å². The molecule has 0 bridgehead atoms. The predicted molar refractivity (Wildman–Crippen MR) is 77.6 cm³/mol. The van der Waals surface area contributed by atoms with Gasteiger partial charge in [0.1, 0.15) is 0 Å². The fourth-order valence-corrected chi connectivity index (χ4v) is 2.62. The minimum atomic E-state index is 0.598. The minimum Gasteiger partial charge on any atom is -0.315 e. The molecule has 0 aromatic carbocycles. The van der Waals surface area contributed by atoms with Gasteiger partial charge in [0.15, 0.2) is 0 Å². The van der Waals surface area contributed by atoms with Crippen LogP contribution in [-0.2, 0) is 6.54 Å². The summed E-state index contributed by atoms with van der Waals surface area (Å²) in [6, 6.07) is 4.96. The Bertz CT molecular complexity index is 282. The molecular weight excluding hydrogens is 228 g/mol. The van der Waals surface area contributed by atoms with Gasteiger partial charge in [-0.05, 0) is 37.4 Å². The summed E-state index contributed by atoms with van der Waals surface area (Å²) in [6.07, 6.45) is 0.